The summed E-state index contributed by atoms with van der Waals surface area (Å²) in [4.78, 5) is 0. The van der Waals surface area contributed by atoms with Crippen molar-refractivity contribution < 1.29 is 13.7 Å². The van der Waals surface area contributed by atoms with E-state index < -0.39 is 10.8 Å². The van der Waals surface area contributed by atoms with Gasteiger partial charge in [-0.2, -0.15) is 0 Å². The van der Waals surface area contributed by atoms with Gasteiger partial charge in [0, 0.05) is 36.3 Å². The van der Waals surface area contributed by atoms with Crippen LogP contribution in [0.25, 0.3) is 0 Å². The first-order valence-corrected chi connectivity index (χ1v) is 6.01. The van der Waals surface area contributed by atoms with Gasteiger partial charge < -0.3 is 15.2 Å². The molecule has 0 saturated carbocycles. The maximum atomic E-state index is 11.3. The summed E-state index contributed by atoms with van der Waals surface area (Å²) in [5.41, 5.74) is 5.28. The summed E-state index contributed by atoms with van der Waals surface area (Å²) >= 11 is 0. The lowest BCUT2D eigenvalue weighted by Gasteiger charge is -2.15. The Morgan fingerprint density at radius 3 is 2.23 bits per heavy atom. The Morgan fingerprint density at radius 2 is 1.85 bits per heavy atom. The van der Waals surface area contributed by atoms with Crippen LogP contribution in [0.4, 0.5) is 0 Å². The largest absolute Gasteiger partial charge is 0.352 e. The van der Waals surface area contributed by atoms with Crippen LogP contribution in [0.3, 0.4) is 0 Å². The zero-order chi connectivity index (χ0) is 10.1. The van der Waals surface area contributed by atoms with Gasteiger partial charge in [-0.05, 0) is 13.8 Å². The van der Waals surface area contributed by atoms with Gasteiger partial charge in [0.1, 0.15) is 0 Å². The van der Waals surface area contributed by atoms with Crippen molar-refractivity contribution in [2.45, 2.75) is 20.1 Å². The summed E-state index contributed by atoms with van der Waals surface area (Å²) in [5, 5.41) is 0. The van der Waals surface area contributed by atoms with E-state index in [9.17, 15) is 4.21 Å². The van der Waals surface area contributed by atoms with Crippen molar-refractivity contribution in [1.82, 2.24) is 0 Å². The van der Waals surface area contributed by atoms with Crippen LogP contribution < -0.4 is 5.73 Å². The third-order valence-corrected chi connectivity index (χ3v) is 2.71. The normalized spacial score (nSPS) is 13.5. The van der Waals surface area contributed by atoms with Crippen molar-refractivity contribution in [3.8, 4) is 0 Å². The zero-order valence-electron chi connectivity index (χ0n) is 8.32. The number of rotatable bonds is 8. The molecular formula is C8H19NO3S. The van der Waals surface area contributed by atoms with Gasteiger partial charge in [-0.25, -0.2) is 0 Å². The standard InChI is InChI=1S/C8H19NO3S/c1-3-11-8(12-4-2)7-13(10)6-5-9/h8H,3-7,9H2,1-2H3. The minimum atomic E-state index is -0.928. The minimum Gasteiger partial charge on any atom is -0.352 e. The number of hydrogen-bond acceptors (Lipinski definition) is 4. The van der Waals surface area contributed by atoms with E-state index in [2.05, 4.69) is 0 Å². The van der Waals surface area contributed by atoms with Crippen LogP contribution in [0.1, 0.15) is 13.8 Å². The first kappa shape index (κ1) is 13.0. The second-order valence-corrected chi connectivity index (χ2v) is 4.06. The molecule has 0 aromatic carbocycles. The van der Waals surface area contributed by atoms with Gasteiger partial charge in [0.05, 0.1) is 5.75 Å². The Labute approximate surface area is 82.2 Å². The summed E-state index contributed by atoms with van der Waals surface area (Å²) in [5.74, 6) is 0.926. The quantitative estimate of drug-likeness (QED) is 0.576. The second-order valence-electron chi connectivity index (χ2n) is 2.44. The maximum Gasteiger partial charge on any atom is 0.168 e. The smallest absolute Gasteiger partial charge is 0.168 e. The van der Waals surface area contributed by atoms with E-state index in [1.54, 1.807) is 0 Å². The van der Waals surface area contributed by atoms with E-state index in [1.807, 2.05) is 13.8 Å². The molecule has 0 aliphatic heterocycles. The molecule has 4 nitrogen and oxygen atoms in total. The van der Waals surface area contributed by atoms with E-state index in [-0.39, 0.29) is 6.29 Å². The first-order valence-electron chi connectivity index (χ1n) is 4.52. The van der Waals surface area contributed by atoms with Crippen molar-refractivity contribution in [1.29, 1.82) is 0 Å². The Hall–Kier alpha value is 0.0300. The van der Waals surface area contributed by atoms with Crippen LogP contribution in [-0.4, -0.2) is 41.8 Å². The Kier molecular flexibility index (Phi) is 8.64. The lowest BCUT2D eigenvalue weighted by atomic mass is 10.7. The van der Waals surface area contributed by atoms with Gasteiger partial charge in [-0.3, -0.25) is 4.21 Å². The molecule has 0 aromatic rings. The van der Waals surface area contributed by atoms with Crippen molar-refractivity contribution in [2.75, 3.05) is 31.3 Å². The molecule has 0 heterocycles. The molecule has 0 fully saturated rings. The van der Waals surface area contributed by atoms with Crippen LogP contribution in [0.2, 0.25) is 0 Å². The average molecular weight is 209 g/mol. The number of ether oxygens (including phenoxy) is 2. The summed E-state index contributed by atoms with van der Waals surface area (Å²) in [7, 11) is -0.928. The molecule has 2 N–H and O–H groups in total. The SMILES string of the molecule is CCOC(CS(=O)CCN)OCC. The first-order chi connectivity index (χ1) is 6.24. The fourth-order valence-electron chi connectivity index (χ4n) is 0.883. The number of hydrogen-bond donors (Lipinski definition) is 1. The molecule has 0 saturated heterocycles. The summed E-state index contributed by atoms with van der Waals surface area (Å²) in [6.45, 7) is 5.36. The van der Waals surface area contributed by atoms with E-state index >= 15 is 0 Å². The highest BCUT2D eigenvalue weighted by Gasteiger charge is 2.11. The Morgan fingerprint density at radius 1 is 1.31 bits per heavy atom. The van der Waals surface area contributed by atoms with Gasteiger partial charge in [0.25, 0.3) is 0 Å². The molecular weight excluding hydrogens is 190 g/mol. The van der Waals surface area contributed by atoms with Gasteiger partial charge in [0.2, 0.25) is 0 Å². The highest BCUT2D eigenvalue weighted by molar-refractivity contribution is 7.85. The minimum absolute atomic E-state index is 0.345. The maximum absolute atomic E-state index is 11.3. The fraction of sp³-hybridized carbons (Fsp3) is 1.00. The van der Waals surface area contributed by atoms with E-state index in [0.717, 1.165) is 0 Å². The van der Waals surface area contributed by atoms with Gasteiger partial charge in [-0.1, -0.05) is 0 Å². The second kappa shape index (κ2) is 8.62. The van der Waals surface area contributed by atoms with Gasteiger partial charge >= 0.3 is 0 Å². The molecule has 1 unspecified atom stereocenters. The molecule has 0 radical (unpaired) electrons. The third-order valence-electron chi connectivity index (χ3n) is 1.37. The molecule has 0 bridgehead atoms. The molecule has 13 heavy (non-hydrogen) atoms. The van der Waals surface area contributed by atoms with Gasteiger partial charge in [-0.15, -0.1) is 0 Å². The van der Waals surface area contributed by atoms with Crippen LogP contribution in [0, 0.1) is 0 Å². The summed E-state index contributed by atoms with van der Waals surface area (Å²) in [6.07, 6.45) is -0.345. The van der Waals surface area contributed by atoms with E-state index in [4.69, 9.17) is 15.2 Å². The average Bonchev–Trinajstić information content (AvgIpc) is 2.05. The number of nitrogens with two attached hydrogens (primary N) is 1. The Bertz CT molecular complexity index is 137. The van der Waals surface area contributed by atoms with Crippen LogP contribution in [0.5, 0.6) is 0 Å². The van der Waals surface area contributed by atoms with Crippen molar-refractivity contribution in [3.63, 3.8) is 0 Å². The molecule has 5 heteroatoms. The predicted molar refractivity (Wildman–Crippen MR) is 54.0 cm³/mol. The molecule has 0 aromatic heterocycles. The highest BCUT2D eigenvalue weighted by Crippen LogP contribution is 1.98. The molecule has 0 aliphatic rings. The molecule has 0 amide bonds. The fourth-order valence-corrected chi connectivity index (χ4v) is 1.81. The third kappa shape index (κ3) is 7.13. The van der Waals surface area contributed by atoms with E-state index in [0.29, 0.717) is 31.3 Å². The highest BCUT2D eigenvalue weighted by atomic mass is 32.2. The molecule has 0 spiro atoms. The van der Waals surface area contributed by atoms with Crippen molar-refractivity contribution in [3.05, 3.63) is 0 Å². The van der Waals surface area contributed by atoms with Gasteiger partial charge in [0.15, 0.2) is 6.29 Å². The molecule has 0 aliphatic carbocycles. The molecule has 0 rings (SSSR count). The molecule has 80 valence electrons. The lowest BCUT2D eigenvalue weighted by molar-refractivity contribution is -0.120. The van der Waals surface area contributed by atoms with Crippen molar-refractivity contribution >= 4 is 10.8 Å². The van der Waals surface area contributed by atoms with Crippen LogP contribution in [-0.2, 0) is 20.3 Å². The summed E-state index contributed by atoms with van der Waals surface area (Å²) in [6, 6.07) is 0. The van der Waals surface area contributed by atoms with Crippen molar-refractivity contribution in [2.24, 2.45) is 5.73 Å². The van der Waals surface area contributed by atoms with Crippen LogP contribution >= 0.6 is 0 Å². The van der Waals surface area contributed by atoms with E-state index in [1.165, 1.54) is 0 Å². The Balaban J connectivity index is 3.71. The van der Waals surface area contributed by atoms with Crippen LogP contribution in [0.15, 0.2) is 0 Å². The molecule has 1 atom stereocenters. The topological polar surface area (TPSA) is 61.5 Å². The lowest BCUT2D eigenvalue weighted by Crippen LogP contribution is -2.27. The monoisotopic (exact) mass is 209 g/mol. The zero-order valence-corrected chi connectivity index (χ0v) is 9.14. The predicted octanol–water partition coefficient (Wildman–Crippen LogP) is 0.0929. The summed E-state index contributed by atoms with van der Waals surface area (Å²) < 4.78 is 21.8.